The molecule has 3 aromatic rings. The lowest BCUT2D eigenvalue weighted by Gasteiger charge is -2.04. The van der Waals surface area contributed by atoms with Crippen LogP contribution in [0.1, 0.15) is 28.6 Å². The maximum absolute atomic E-state index is 13.3. The molecule has 0 saturated heterocycles. The van der Waals surface area contributed by atoms with Gasteiger partial charge in [0.05, 0.1) is 10.0 Å². The minimum atomic E-state index is -0.407. The second-order valence-electron chi connectivity index (χ2n) is 4.89. The van der Waals surface area contributed by atoms with E-state index in [0.717, 1.165) is 0 Å². The van der Waals surface area contributed by atoms with Crippen LogP contribution in [-0.4, -0.2) is 10.9 Å². The lowest BCUT2D eigenvalue weighted by atomic mass is 9.99. The van der Waals surface area contributed by atoms with E-state index in [1.807, 2.05) is 6.92 Å². The maximum Gasteiger partial charge on any atom is 0.197 e. The van der Waals surface area contributed by atoms with Crippen molar-refractivity contribution >= 4 is 32.7 Å². The Morgan fingerprint density at radius 2 is 2.05 bits per heavy atom. The second kappa shape index (κ2) is 5.57. The van der Waals surface area contributed by atoms with Crippen molar-refractivity contribution in [3.63, 3.8) is 0 Å². The Bertz CT molecular complexity index is 883. The fourth-order valence-corrected chi connectivity index (χ4v) is 2.79. The summed E-state index contributed by atoms with van der Waals surface area (Å²) >= 11 is 3.20. The quantitative estimate of drug-likeness (QED) is 0.678. The number of furan rings is 1. The summed E-state index contributed by atoms with van der Waals surface area (Å²) in [5.74, 6) is -0.0422. The van der Waals surface area contributed by atoms with Crippen molar-refractivity contribution < 1.29 is 18.7 Å². The topological polar surface area (TPSA) is 50.4 Å². The molecule has 0 aliphatic heterocycles. The average molecular weight is 363 g/mol. The molecule has 3 nitrogen and oxygen atoms in total. The molecule has 0 radical (unpaired) electrons. The Kier molecular flexibility index (Phi) is 3.74. The number of phenolic OH excluding ortho intramolecular Hbond substituents is 1. The molecule has 2 aromatic carbocycles. The third-order valence-electron chi connectivity index (χ3n) is 3.48. The highest BCUT2D eigenvalue weighted by Crippen LogP contribution is 2.31. The van der Waals surface area contributed by atoms with Crippen LogP contribution in [0.15, 0.2) is 45.3 Å². The summed E-state index contributed by atoms with van der Waals surface area (Å²) in [6, 6.07) is 8.68. The molecular formula is C17H12BrFO3. The number of hydrogen-bond acceptors (Lipinski definition) is 3. The number of ketones is 1. The molecule has 1 aromatic heterocycles. The van der Waals surface area contributed by atoms with Gasteiger partial charge in [-0.2, -0.15) is 0 Å². The highest BCUT2D eigenvalue weighted by molar-refractivity contribution is 9.10. The number of carbonyl (C=O) groups is 1. The summed E-state index contributed by atoms with van der Waals surface area (Å²) in [5.41, 5.74) is 1.22. The van der Waals surface area contributed by atoms with Crippen molar-refractivity contribution in [2.24, 2.45) is 0 Å². The number of halogens is 2. The van der Waals surface area contributed by atoms with Crippen LogP contribution in [-0.2, 0) is 6.42 Å². The van der Waals surface area contributed by atoms with Crippen LogP contribution in [0.5, 0.6) is 5.75 Å². The Morgan fingerprint density at radius 3 is 2.73 bits per heavy atom. The zero-order valence-electron chi connectivity index (χ0n) is 11.7. The van der Waals surface area contributed by atoms with Crippen LogP contribution in [0, 0.1) is 5.82 Å². The number of benzene rings is 2. The first-order chi connectivity index (χ1) is 10.5. The maximum atomic E-state index is 13.3. The van der Waals surface area contributed by atoms with E-state index in [1.165, 1.54) is 18.2 Å². The van der Waals surface area contributed by atoms with Gasteiger partial charge in [-0.15, -0.1) is 0 Å². The number of aryl methyl sites for hydroxylation is 1. The molecule has 3 rings (SSSR count). The fraction of sp³-hybridized carbons (Fsp3) is 0.118. The van der Waals surface area contributed by atoms with Crippen LogP contribution in [0.25, 0.3) is 11.0 Å². The Morgan fingerprint density at radius 1 is 1.27 bits per heavy atom. The number of carbonyl (C=O) groups excluding carboxylic acids is 1. The first-order valence-electron chi connectivity index (χ1n) is 6.75. The summed E-state index contributed by atoms with van der Waals surface area (Å²) in [7, 11) is 0. The minimum absolute atomic E-state index is 0.0615. The smallest absolute Gasteiger partial charge is 0.197 e. The lowest BCUT2D eigenvalue weighted by Crippen LogP contribution is -2.03. The lowest BCUT2D eigenvalue weighted by molar-refractivity contribution is 0.103. The van der Waals surface area contributed by atoms with Gasteiger partial charge in [0.2, 0.25) is 0 Å². The standard InChI is InChI=1S/C17H12BrFO3/c1-2-14-16(11-5-4-10(19)8-15(11)22-14)17(21)9-3-6-13(20)12(18)7-9/h3-8,20H,2H2,1H3. The molecule has 0 fully saturated rings. The molecular weight excluding hydrogens is 351 g/mol. The molecule has 0 unspecified atom stereocenters. The number of hydrogen-bond donors (Lipinski definition) is 1. The van der Waals surface area contributed by atoms with Gasteiger partial charge in [0, 0.05) is 23.4 Å². The van der Waals surface area contributed by atoms with Crippen molar-refractivity contribution in [1.29, 1.82) is 0 Å². The number of fused-ring (bicyclic) bond motifs is 1. The van der Waals surface area contributed by atoms with Gasteiger partial charge in [-0.1, -0.05) is 6.92 Å². The number of aromatic hydroxyl groups is 1. The van der Waals surface area contributed by atoms with Gasteiger partial charge in [-0.3, -0.25) is 4.79 Å². The van der Waals surface area contributed by atoms with E-state index in [2.05, 4.69) is 15.9 Å². The molecule has 1 N–H and O–H groups in total. The normalized spacial score (nSPS) is 11.0. The molecule has 1 heterocycles. The van der Waals surface area contributed by atoms with Crippen molar-refractivity contribution in [3.8, 4) is 5.75 Å². The van der Waals surface area contributed by atoms with Gasteiger partial charge in [-0.25, -0.2) is 4.39 Å². The minimum Gasteiger partial charge on any atom is -0.507 e. The van der Waals surface area contributed by atoms with E-state index in [9.17, 15) is 14.3 Å². The molecule has 0 bridgehead atoms. The van der Waals surface area contributed by atoms with E-state index >= 15 is 0 Å². The van der Waals surface area contributed by atoms with Crippen molar-refractivity contribution in [1.82, 2.24) is 0 Å². The molecule has 0 saturated carbocycles. The highest BCUT2D eigenvalue weighted by atomic mass is 79.9. The SMILES string of the molecule is CCc1oc2cc(F)ccc2c1C(=O)c1ccc(O)c(Br)c1. The molecule has 5 heteroatoms. The Hall–Kier alpha value is -2.14. The summed E-state index contributed by atoms with van der Waals surface area (Å²) in [4.78, 5) is 12.8. The Labute approximate surface area is 134 Å². The van der Waals surface area contributed by atoms with Crippen LogP contribution >= 0.6 is 15.9 Å². The van der Waals surface area contributed by atoms with Gasteiger partial charge in [0.15, 0.2) is 5.78 Å². The van der Waals surface area contributed by atoms with Crippen LogP contribution < -0.4 is 0 Å². The summed E-state index contributed by atoms with van der Waals surface area (Å²) in [5, 5.41) is 10.1. The molecule has 0 amide bonds. The van der Waals surface area contributed by atoms with Gasteiger partial charge in [0.25, 0.3) is 0 Å². The third-order valence-corrected chi connectivity index (χ3v) is 4.12. The number of rotatable bonds is 3. The van der Waals surface area contributed by atoms with Crippen LogP contribution in [0.4, 0.5) is 4.39 Å². The van der Waals surface area contributed by atoms with Gasteiger partial charge in [0.1, 0.15) is 22.9 Å². The summed E-state index contributed by atoms with van der Waals surface area (Å²) in [6.45, 7) is 1.87. The molecule has 0 atom stereocenters. The van der Waals surface area contributed by atoms with Crippen molar-refractivity contribution in [2.75, 3.05) is 0 Å². The van der Waals surface area contributed by atoms with Gasteiger partial charge < -0.3 is 9.52 Å². The fourth-order valence-electron chi connectivity index (χ4n) is 2.41. The van der Waals surface area contributed by atoms with Crippen molar-refractivity contribution in [3.05, 3.63) is 63.6 Å². The molecule has 0 aliphatic rings. The van der Waals surface area contributed by atoms with Gasteiger partial charge in [-0.05, 0) is 46.3 Å². The van der Waals surface area contributed by atoms with E-state index in [-0.39, 0.29) is 11.5 Å². The van der Waals surface area contributed by atoms with Crippen molar-refractivity contribution in [2.45, 2.75) is 13.3 Å². The summed E-state index contributed by atoms with van der Waals surface area (Å²) in [6.07, 6.45) is 0.524. The molecule has 0 spiro atoms. The predicted molar refractivity (Wildman–Crippen MR) is 84.8 cm³/mol. The van der Waals surface area contributed by atoms with E-state index in [4.69, 9.17) is 4.42 Å². The monoisotopic (exact) mass is 362 g/mol. The first-order valence-corrected chi connectivity index (χ1v) is 7.54. The average Bonchev–Trinajstić information content (AvgIpc) is 2.86. The molecule has 22 heavy (non-hydrogen) atoms. The first kappa shape index (κ1) is 14.8. The van der Waals surface area contributed by atoms with E-state index in [0.29, 0.717) is 38.7 Å². The van der Waals surface area contributed by atoms with E-state index < -0.39 is 5.82 Å². The zero-order chi connectivity index (χ0) is 15.9. The third kappa shape index (κ3) is 2.41. The van der Waals surface area contributed by atoms with Crippen LogP contribution in [0.3, 0.4) is 0 Å². The molecule has 112 valence electrons. The zero-order valence-corrected chi connectivity index (χ0v) is 13.3. The second-order valence-corrected chi connectivity index (χ2v) is 5.74. The predicted octanol–water partition coefficient (Wildman–Crippen LogP) is 4.83. The Balaban J connectivity index is 2.19. The molecule has 0 aliphatic carbocycles. The van der Waals surface area contributed by atoms with E-state index in [1.54, 1.807) is 18.2 Å². The largest absolute Gasteiger partial charge is 0.507 e. The highest BCUT2D eigenvalue weighted by Gasteiger charge is 2.21. The summed E-state index contributed by atoms with van der Waals surface area (Å²) < 4.78 is 19.4. The van der Waals surface area contributed by atoms with Crippen LogP contribution in [0.2, 0.25) is 0 Å². The number of phenols is 1. The van der Waals surface area contributed by atoms with Gasteiger partial charge >= 0.3 is 0 Å².